The maximum Gasteiger partial charge on any atom is 0.222 e. The van der Waals surface area contributed by atoms with E-state index in [1.807, 2.05) is 30.2 Å². The number of carbonyl (C=O) groups excluding carboxylic acids is 1. The molecule has 0 spiro atoms. The van der Waals surface area contributed by atoms with E-state index >= 15 is 0 Å². The number of hydrogen-bond acceptors (Lipinski definition) is 4. The zero-order valence-corrected chi connectivity index (χ0v) is 17.4. The average molecular weight is 392 g/mol. The lowest BCUT2D eigenvalue weighted by atomic mass is 9.98. The molecule has 1 aromatic rings. The van der Waals surface area contributed by atoms with Crippen LogP contribution in [-0.4, -0.2) is 67.5 Å². The van der Waals surface area contributed by atoms with Gasteiger partial charge in [-0.15, -0.1) is 11.3 Å². The minimum atomic E-state index is 0.246. The van der Waals surface area contributed by atoms with Crippen molar-refractivity contribution in [3.05, 3.63) is 22.4 Å². The quantitative estimate of drug-likeness (QED) is 0.576. The molecular formula is C20H33N5OS. The number of amides is 1. The Morgan fingerprint density at radius 1 is 1.33 bits per heavy atom. The van der Waals surface area contributed by atoms with Crippen molar-refractivity contribution >= 4 is 23.2 Å². The molecular weight excluding hydrogens is 358 g/mol. The van der Waals surface area contributed by atoms with E-state index in [4.69, 9.17) is 0 Å². The van der Waals surface area contributed by atoms with E-state index < -0.39 is 0 Å². The maximum atomic E-state index is 11.8. The van der Waals surface area contributed by atoms with Gasteiger partial charge in [-0.25, -0.2) is 0 Å². The molecule has 7 heteroatoms. The third kappa shape index (κ3) is 5.94. The summed E-state index contributed by atoms with van der Waals surface area (Å²) in [6.45, 7) is 7.92. The van der Waals surface area contributed by atoms with E-state index in [9.17, 15) is 4.79 Å². The van der Waals surface area contributed by atoms with Gasteiger partial charge in [-0.2, -0.15) is 0 Å². The van der Waals surface area contributed by atoms with Gasteiger partial charge in [-0.1, -0.05) is 13.0 Å². The minimum absolute atomic E-state index is 0.246. The van der Waals surface area contributed by atoms with Crippen molar-refractivity contribution in [2.45, 2.75) is 45.2 Å². The Morgan fingerprint density at radius 2 is 2.22 bits per heavy atom. The molecule has 2 atom stereocenters. The molecule has 2 aliphatic heterocycles. The molecule has 0 aromatic carbocycles. The molecule has 0 bridgehead atoms. The van der Waals surface area contributed by atoms with Crippen molar-refractivity contribution in [2.75, 3.05) is 39.8 Å². The number of piperidine rings is 1. The first-order valence-electron chi connectivity index (χ1n) is 10.2. The largest absolute Gasteiger partial charge is 0.356 e. The van der Waals surface area contributed by atoms with Crippen molar-refractivity contribution < 1.29 is 4.79 Å². The van der Waals surface area contributed by atoms with Crippen molar-refractivity contribution in [3.8, 4) is 0 Å². The standard InChI is InChI=1S/C20H33N5OS/c1-3-19(26)25-10-8-17(14-25)23-20(21-2)22-12-16-6-4-9-24(13-16)15-18-7-5-11-27-18/h5,7,11,16-17H,3-4,6,8-10,12-15H2,1-2H3,(H2,21,22,23). The third-order valence-electron chi connectivity index (χ3n) is 5.53. The Morgan fingerprint density at radius 3 is 2.96 bits per heavy atom. The molecule has 2 aliphatic rings. The van der Waals surface area contributed by atoms with Crippen LogP contribution in [-0.2, 0) is 11.3 Å². The topological polar surface area (TPSA) is 60.0 Å². The highest BCUT2D eigenvalue weighted by Crippen LogP contribution is 2.20. The first kappa shape index (κ1) is 20.1. The van der Waals surface area contributed by atoms with Gasteiger partial charge in [0.25, 0.3) is 0 Å². The van der Waals surface area contributed by atoms with Crippen molar-refractivity contribution in [1.82, 2.24) is 20.4 Å². The summed E-state index contributed by atoms with van der Waals surface area (Å²) >= 11 is 1.85. The minimum Gasteiger partial charge on any atom is -0.356 e. The summed E-state index contributed by atoms with van der Waals surface area (Å²) < 4.78 is 0. The van der Waals surface area contributed by atoms with Gasteiger partial charge in [0, 0.05) is 57.1 Å². The number of aliphatic imine (C=N–C) groups is 1. The van der Waals surface area contributed by atoms with Crippen LogP contribution in [0.1, 0.15) is 37.5 Å². The van der Waals surface area contributed by atoms with Gasteiger partial charge < -0.3 is 15.5 Å². The highest BCUT2D eigenvalue weighted by molar-refractivity contribution is 7.09. The molecule has 0 aliphatic carbocycles. The van der Waals surface area contributed by atoms with E-state index in [-0.39, 0.29) is 5.91 Å². The van der Waals surface area contributed by atoms with E-state index in [2.05, 4.69) is 38.0 Å². The zero-order chi connectivity index (χ0) is 19.1. The Hall–Kier alpha value is -1.60. The van der Waals surface area contributed by atoms with Gasteiger partial charge >= 0.3 is 0 Å². The SMILES string of the molecule is CCC(=O)N1CCC(NC(=NC)NCC2CCCN(Cc3cccs3)C2)C1. The van der Waals surface area contributed by atoms with Gasteiger partial charge in [0.2, 0.25) is 5.91 Å². The summed E-state index contributed by atoms with van der Waals surface area (Å²) in [4.78, 5) is 22.2. The molecule has 1 aromatic heterocycles. The molecule has 1 amide bonds. The Bertz CT molecular complexity index is 618. The van der Waals surface area contributed by atoms with Crippen LogP contribution in [0.5, 0.6) is 0 Å². The van der Waals surface area contributed by atoms with Crippen LogP contribution >= 0.6 is 11.3 Å². The van der Waals surface area contributed by atoms with Crippen LogP contribution < -0.4 is 10.6 Å². The highest BCUT2D eigenvalue weighted by atomic mass is 32.1. The van der Waals surface area contributed by atoms with Crippen molar-refractivity contribution in [2.24, 2.45) is 10.9 Å². The lowest BCUT2D eigenvalue weighted by Gasteiger charge is -2.33. The molecule has 2 unspecified atom stereocenters. The second-order valence-corrected chi connectivity index (χ2v) is 8.63. The van der Waals surface area contributed by atoms with Crippen molar-refractivity contribution in [3.63, 3.8) is 0 Å². The Balaban J connectivity index is 1.40. The molecule has 3 rings (SSSR count). The summed E-state index contributed by atoms with van der Waals surface area (Å²) in [6.07, 6.45) is 4.11. The highest BCUT2D eigenvalue weighted by Gasteiger charge is 2.26. The molecule has 6 nitrogen and oxygen atoms in total. The molecule has 2 fully saturated rings. The maximum absolute atomic E-state index is 11.8. The van der Waals surface area contributed by atoms with E-state index in [1.165, 1.54) is 24.3 Å². The zero-order valence-electron chi connectivity index (χ0n) is 16.6. The summed E-state index contributed by atoms with van der Waals surface area (Å²) in [5.41, 5.74) is 0. The van der Waals surface area contributed by atoms with Gasteiger partial charge in [0.1, 0.15) is 0 Å². The molecule has 27 heavy (non-hydrogen) atoms. The Kier molecular flexibility index (Phi) is 7.52. The number of hydrogen-bond donors (Lipinski definition) is 2. The third-order valence-corrected chi connectivity index (χ3v) is 6.39. The molecule has 3 heterocycles. The molecule has 2 N–H and O–H groups in total. The van der Waals surface area contributed by atoms with Gasteiger partial charge in [0.15, 0.2) is 5.96 Å². The number of nitrogens with zero attached hydrogens (tertiary/aromatic N) is 3. The molecule has 2 saturated heterocycles. The normalized spacial score (nSPS) is 24.2. The van der Waals surface area contributed by atoms with Gasteiger partial charge in [-0.3, -0.25) is 14.7 Å². The predicted molar refractivity (Wildman–Crippen MR) is 112 cm³/mol. The summed E-state index contributed by atoms with van der Waals surface area (Å²) in [5.74, 6) is 1.76. The van der Waals surface area contributed by atoms with E-state index in [1.54, 1.807) is 0 Å². The fourth-order valence-corrected chi connectivity index (χ4v) is 4.79. The molecule has 0 saturated carbocycles. The van der Waals surface area contributed by atoms with Crippen LogP contribution in [0.2, 0.25) is 0 Å². The number of thiophene rings is 1. The first-order chi connectivity index (χ1) is 13.2. The lowest BCUT2D eigenvalue weighted by molar-refractivity contribution is -0.129. The number of rotatable bonds is 6. The summed E-state index contributed by atoms with van der Waals surface area (Å²) in [6, 6.07) is 4.66. The van der Waals surface area contributed by atoms with Crippen LogP contribution in [0.4, 0.5) is 0 Å². The summed E-state index contributed by atoms with van der Waals surface area (Å²) in [5, 5.41) is 9.17. The monoisotopic (exact) mass is 391 g/mol. The van der Waals surface area contributed by atoms with Crippen LogP contribution in [0.3, 0.4) is 0 Å². The van der Waals surface area contributed by atoms with Crippen LogP contribution in [0.15, 0.2) is 22.5 Å². The fraction of sp³-hybridized carbons (Fsp3) is 0.700. The van der Waals surface area contributed by atoms with Crippen LogP contribution in [0, 0.1) is 5.92 Å². The van der Waals surface area contributed by atoms with Gasteiger partial charge in [0.05, 0.1) is 0 Å². The second-order valence-electron chi connectivity index (χ2n) is 7.60. The molecule has 150 valence electrons. The van der Waals surface area contributed by atoms with E-state index in [0.29, 0.717) is 18.4 Å². The summed E-state index contributed by atoms with van der Waals surface area (Å²) in [7, 11) is 1.82. The van der Waals surface area contributed by atoms with Crippen LogP contribution in [0.25, 0.3) is 0 Å². The lowest BCUT2D eigenvalue weighted by Crippen LogP contribution is -2.48. The van der Waals surface area contributed by atoms with E-state index in [0.717, 1.165) is 45.1 Å². The number of guanidine groups is 1. The second kappa shape index (κ2) is 10.1. The number of carbonyl (C=O) groups is 1. The average Bonchev–Trinajstić information content (AvgIpc) is 3.37. The smallest absolute Gasteiger partial charge is 0.222 e. The fourth-order valence-electron chi connectivity index (χ4n) is 4.04. The molecule has 0 radical (unpaired) electrons. The number of likely N-dealkylation sites (tertiary alicyclic amines) is 2. The predicted octanol–water partition coefficient (Wildman–Crippen LogP) is 2.14. The number of nitrogens with one attached hydrogen (secondary N) is 2. The first-order valence-corrected chi connectivity index (χ1v) is 11.1. The van der Waals surface area contributed by atoms with Crippen molar-refractivity contribution in [1.29, 1.82) is 0 Å². The Labute approximate surface area is 167 Å². The van der Waals surface area contributed by atoms with Gasteiger partial charge in [-0.05, 0) is 43.2 Å².